The quantitative estimate of drug-likeness (QED) is 0.713. The molecule has 0 unspecified atom stereocenters. The van der Waals surface area contributed by atoms with Crippen molar-refractivity contribution in [1.82, 2.24) is 14.9 Å². The van der Waals surface area contributed by atoms with Gasteiger partial charge in [0.15, 0.2) is 6.61 Å². The number of nitrogens with one attached hydrogen (secondary N) is 1. The molecule has 0 aliphatic rings. The molecular weight excluding hydrogens is 376 g/mol. The van der Waals surface area contributed by atoms with E-state index >= 15 is 0 Å². The van der Waals surface area contributed by atoms with Crippen molar-refractivity contribution < 1.29 is 14.3 Å². The molecule has 0 saturated carbocycles. The summed E-state index contributed by atoms with van der Waals surface area (Å²) in [6.07, 6.45) is 0. The normalized spacial score (nSPS) is 10.8. The van der Waals surface area contributed by atoms with E-state index in [9.17, 15) is 9.59 Å². The van der Waals surface area contributed by atoms with Gasteiger partial charge in [-0.2, -0.15) is 0 Å². The third-order valence-electron chi connectivity index (χ3n) is 4.26. The molecule has 2 aromatic heterocycles. The van der Waals surface area contributed by atoms with E-state index in [1.165, 1.54) is 16.2 Å². The number of likely N-dealkylation sites (N-methyl/N-ethyl adjacent to an activating group) is 1. The van der Waals surface area contributed by atoms with Crippen LogP contribution in [0.15, 0.2) is 24.3 Å². The van der Waals surface area contributed by atoms with E-state index in [1.54, 1.807) is 38.4 Å². The first-order valence-electron chi connectivity index (χ1n) is 8.75. The largest absolute Gasteiger partial charge is 0.484 e. The number of anilines is 1. The number of fused-ring (bicyclic) bond motifs is 1. The highest BCUT2D eigenvalue weighted by Crippen LogP contribution is 2.31. The zero-order chi connectivity index (χ0) is 20.4. The predicted octanol–water partition coefficient (Wildman–Crippen LogP) is 3.34. The number of amides is 2. The van der Waals surface area contributed by atoms with Crippen molar-refractivity contribution >= 4 is 39.1 Å². The Hall–Kier alpha value is -3.00. The number of ether oxygens (including phenoxy) is 1. The van der Waals surface area contributed by atoms with Gasteiger partial charge in [0.1, 0.15) is 16.4 Å². The average molecular weight is 398 g/mol. The van der Waals surface area contributed by atoms with Crippen LogP contribution >= 0.6 is 11.3 Å². The van der Waals surface area contributed by atoms with Crippen LogP contribution in [0.25, 0.3) is 10.2 Å². The van der Waals surface area contributed by atoms with Crippen molar-refractivity contribution in [2.24, 2.45) is 0 Å². The Bertz CT molecular complexity index is 1040. The molecule has 3 rings (SSSR count). The Morgan fingerprint density at radius 2 is 1.79 bits per heavy atom. The van der Waals surface area contributed by atoms with E-state index < -0.39 is 0 Å². The third kappa shape index (κ3) is 4.12. The molecule has 28 heavy (non-hydrogen) atoms. The monoisotopic (exact) mass is 398 g/mol. The lowest BCUT2D eigenvalue weighted by atomic mass is 10.1. The van der Waals surface area contributed by atoms with Gasteiger partial charge in [-0.15, -0.1) is 11.3 Å². The molecule has 1 aromatic carbocycles. The number of carbonyl (C=O) groups is 2. The summed E-state index contributed by atoms with van der Waals surface area (Å²) in [4.78, 5) is 36.1. The molecule has 0 saturated heterocycles. The van der Waals surface area contributed by atoms with Gasteiger partial charge in [0, 0.05) is 30.9 Å². The molecule has 0 spiro atoms. The Balaban J connectivity index is 1.73. The second-order valence-corrected chi connectivity index (χ2v) is 7.65. The second kappa shape index (κ2) is 7.93. The van der Waals surface area contributed by atoms with Crippen molar-refractivity contribution in [1.29, 1.82) is 0 Å². The Labute approximate surface area is 167 Å². The van der Waals surface area contributed by atoms with Crippen LogP contribution in [0.1, 0.15) is 26.8 Å². The standard InChI is InChI=1S/C20H22N4O3S/c1-11-17-12(2)21-13(3)22-20(17)28-18(11)19(26)23-14-6-8-15(9-7-14)27-10-16(25)24(4)5/h6-9H,10H2,1-5H3,(H,23,26). The Kier molecular flexibility index (Phi) is 5.60. The summed E-state index contributed by atoms with van der Waals surface area (Å²) in [6.45, 7) is 5.66. The lowest BCUT2D eigenvalue weighted by molar-refractivity contribution is -0.130. The molecule has 8 heteroatoms. The third-order valence-corrected chi connectivity index (χ3v) is 5.45. The van der Waals surface area contributed by atoms with Crippen LogP contribution in [0.3, 0.4) is 0 Å². The molecule has 3 aromatic rings. The molecule has 1 N–H and O–H groups in total. The number of benzene rings is 1. The molecule has 0 radical (unpaired) electrons. The first-order valence-corrected chi connectivity index (χ1v) is 9.56. The average Bonchev–Trinajstić information content (AvgIpc) is 2.97. The van der Waals surface area contributed by atoms with Gasteiger partial charge in [0.25, 0.3) is 11.8 Å². The fraction of sp³-hybridized carbons (Fsp3) is 0.300. The van der Waals surface area contributed by atoms with E-state index in [-0.39, 0.29) is 18.4 Å². The molecule has 0 fully saturated rings. The fourth-order valence-corrected chi connectivity index (χ4v) is 3.96. The van der Waals surface area contributed by atoms with E-state index in [2.05, 4.69) is 15.3 Å². The summed E-state index contributed by atoms with van der Waals surface area (Å²) >= 11 is 1.37. The Morgan fingerprint density at radius 3 is 2.43 bits per heavy atom. The number of thiophene rings is 1. The van der Waals surface area contributed by atoms with Crippen molar-refractivity contribution in [2.45, 2.75) is 20.8 Å². The smallest absolute Gasteiger partial charge is 0.266 e. The second-order valence-electron chi connectivity index (χ2n) is 6.65. The zero-order valence-electron chi connectivity index (χ0n) is 16.5. The minimum absolute atomic E-state index is 0.0283. The molecule has 0 bridgehead atoms. The van der Waals surface area contributed by atoms with Gasteiger partial charge in [-0.3, -0.25) is 9.59 Å². The van der Waals surface area contributed by atoms with Gasteiger partial charge in [-0.25, -0.2) is 9.97 Å². The highest BCUT2D eigenvalue weighted by atomic mass is 32.1. The van der Waals surface area contributed by atoms with Crippen molar-refractivity contribution in [3.63, 3.8) is 0 Å². The summed E-state index contributed by atoms with van der Waals surface area (Å²) in [5.74, 6) is 0.953. The number of rotatable bonds is 5. The maximum Gasteiger partial charge on any atom is 0.266 e. The summed E-state index contributed by atoms with van der Waals surface area (Å²) in [5, 5.41) is 3.84. The number of nitrogens with zero attached hydrogens (tertiary/aromatic N) is 3. The van der Waals surface area contributed by atoms with Crippen LogP contribution < -0.4 is 10.1 Å². The summed E-state index contributed by atoms with van der Waals surface area (Å²) in [5.41, 5.74) is 2.41. The van der Waals surface area contributed by atoms with Crippen molar-refractivity contribution in [3.05, 3.63) is 46.2 Å². The SMILES string of the molecule is Cc1nc(C)c2c(C)c(C(=O)Nc3ccc(OCC(=O)N(C)C)cc3)sc2n1. The van der Waals surface area contributed by atoms with Crippen molar-refractivity contribution in [2.75, 3.05) is 26.0 Å². The lowest BCUT2D eigenvalue weighted by Crippen LogP contribution is -2.27. The zero-order valence-corrected chi connectivity index (χ0v) is 17.3. The van der Waals surface area contributed by atoms with Gasteiger partial charge in [-0.05, 0) is 50.6 Å². The topological polar surface area (TPSA) is 84.4 Å². The summed E-state index contributed by atoms with van der Waals surface area (Å²) in [6, 6.07) is 6.92. The lowest BCUT2D eigenvalue weighted by Gasteiger charge is -2.11. The molecule has 146 valence electrons. The molecule has 2 heterocycles. The first kappa shape index (κ1) is 19.8. The minimum atomic E-state index is -0.186. The highest BCUT2D eigenvalue weighted by Gasteiger charge is 2.19. The van der Waals surface area contributed by atoms with Gasteiger partial charge in [0.2, 0.25) is 0 Å². The first-order chi connectivity index (χ1) is 13.3. The number of aryl methyl sites for hydroxylation is 3. The number of hydrogen-bond donors (Lipinski definition) is 1. The molecule has 2 amide bonds. The van der Waals surface area contributed by atoms with E-state index in [0.717, 1.165) is 21.5 Å². The van der Waals surface area contributed by atoms with E-state index in [4.69, 9.17) is 4.74 Å². The van der Waals surface area contributed by atoms with Crippen LogP contribution in [0.4, 0.5) is 5.69 Å². The number of aromatic nitrogens is 2. The van der Waals surface area contributed by atoms with Crippen LogP contribution in [-0.4, -0.2) is 47.4 Å². The fourth-order valence-electron chi connectivity index (χ4n) is 2.79. The summed E-state index contributed by atoms with van der Waals surface area (Å²) < 4.78 is 5.44. The van der Waals surface area contributed by atoms with Crippen LogP contribution in [0.5, 0.6) is 5.75 Å². The number of carbonyl (C=O) groups excluding carboxylic acids is 2. The number of hydrogen-bond acceptors (Lipinski definition) is 6. The Morgan fingerprint density at radius 1 is 1.11 bits per heavy atom. The van der Waals surface area contributed by atoms with Gasteiger partial charge < -0.3 is 15.0 Å². The van der Waals surface area contributed by atoms with Crippen LogP contribution in [0.2, 0.25) is 0 Å². The maximum absolute atomic E-state index is 12.7. The van der Waals surface area contributed by atoms with E-state index in [1.807, 2.05) is 20.8 Å². The molecule has 0 atom stereocenters. The summed E-state index contributed by atoms with van der Waals surface area (Å²) in [7, 11) is 3.35. The van der Waals surface area contributed by atoms with Gasteiger partial charge >= 0.3 is 0 Å². The van der Waals surface area contributed by atoms with Crippen LogP contribution in [-0.2, 0) is 4.79 Å². The molecule has 0 aliphatic heterocycles. The minimum Gasteiger partial charge on any atom is -0.484 e. The highest BCUT2D eigenvalue weighted by molar-refractivity contribution is 7.20. The predicted molar refractivity (Wildman–Crippen MR) is 110 cm³/mol. The van der Waals surface area contributed by atoms with Crippen LogP contribution in [0, 0.1) is 20.8 Å². The van der Waals surface area contributed by atoms with E-state index in [0.29, 0.717) is 22.1 Å². The van der Waals surface area contributed by atoms with Gasteiger partial charge in [-0.1, -0.05) is 0 Å². The molecule has 0 aliphatic carbocycles. The van der Waals surface area contributed by atoms with Gasteiger partial charge in [0.05, 0.1) is 4.88 Å². The molecular formula is C20H22N4O3S. The maximum atomic E-state index is 12.7. The molecule has 7 nitrogen and oxygen atoms in total. The van der Waals surface area contributed by atoms with Crippen molar-refractivity contribution in [3.8, 4) is 5.75 Å².